The van der Waals surface area contributed by atoms with Gasteiger partial charge in [0.25, 0.3) is 0 Å². The monoisotopic (exact) mass is 463 g/mol. The van der Waals surface area contributed by atoms with Crippen molar-refractivity contribution in [3.05, 3.63) is 35.5 Å². The average Bonchev–Trinajstić information content (AvgIpc) is 3.32. The van der Waals surface area contributed by atoms with E-state index in [0.29, 0.717) is 36.0 Å². The van der Waals surface area contributed by atoms with Gasteiger partial charge in [-0.2, -0.15) is 0 Å². The number of alkyl halides is 2. The molecule has 0 spiro atoms. The molecule has 2 unspecified atom stereocenters. The van der Waals surface area contributed by atoms with Crippen LogP contribution in [-0.2, 0) is 0 Å². The van der Waals surface area contributed by atoms with Crippen LogP contribution in [0, 0.1) is 29.1 Å². The summed E-state index contributed by atoms with van der Waals surface area (Å²) < 4.78 is 25.6. The highest BCUT2D eigenvalue weighted by Gasteiger charge is 2.50. The van der Waals surface area contributed by atoms with Gasteiger partial charge in [-0.05, 0) is 91.7 Å². The van der Waals surface area contributed by atoms with Gasteiger partial charge in [-0.3, -0.25) is 0 Å². The Balaban J connectivity index is 1.42. The predicted octanol–water partition coefficient (Wildman–Crippen LogP) is 5.74. The number of hydrogen-bond donors (Lipinski definition) is 2. The number of aliphatic hydroxyl groups is 2. The first kappa shape index (κ1) is 25.1. The molecule has 4 rings (SSSR count). The Morgan fingerprint density at radius 1 is 1.21 bits per heavy atom. The summed E-state index contributed by atoms with van der Waals surface area (Å²) in [6, 6.07) is 0. The molecule has 2 N–H and O–H groups in total. The molecule has 4 fully saturated rings. The molecule has 0 aromatic rings. The van der Waals surface area contributed by atoms with Gasteiger partial charge in [0.15, 0.2) is 0 Å². The maximum atomic E-state index is 12.8. The minimum absolute atomic E-state index is 0.0538. The van der Waals surface area contributed by atoms with Gasteiger partial charge in [-0.15, -0.1) is 0 Å². The van der Waals surface area contributed by atoms with Crippen LogP contribution in [0.5, 0.6) is 0 Å². The van der Waals surface area contributed by atoms with Crippen LogP contribution < -0.4 is 0 Å². The number of nitrogens with zero attached hydrogens (tertiary/aromatic N) is 1. The fourth-order valence-corrected chi connectivity index (χ4v) is 7.74. The van der Waals surface area contributed by atoms with Crippen LogP contribution in [0.25, 0.3) is 0 Å². The minimum Gasteiger partial charge on any atom is -0.393 e. The highest BCUT2D eigenvalue weighted by Crippen LogP contribution is 2.59. The fourth-order valence-electron chi connectivity index (χ4n) is 7.74. The van der Waals surface area contributed by atoms with E-state index in [-0.39, 0.29) is 12.3 Å². The third-order valence-corrected chi connectivity index (χ3v) is 9.42. The smallest absolute Gasteiger partial charge is 0.238 e. The molecule has 7 atom stereocenters. The summed E-state index contributed by atoms with van der Waals surface area (Å²) in [7, 11) is 0. The minimum atomic E-state index is -2.18. The van der Waals surface area contributed by atoms with Crippen LogP contribution in [-0.4, -0.2) is 53.4 Å². The van der Waals surface area contributed by atoms with Crippen molar-refractivity contribution in [2.45, 2.75) is 90.3 Å². The third kappa shape index (κ3) is 5.46. The highest BCUT2D eigenvalue weighted by molar-refractivity contribution is 5.38. The molecule has 3 aliphatic carbocycles. The van der Waals surface area contributed by atoms with E-state index in [1.165, 1.54) is 31.3 Å². The van der Waals surface area contributed by atoms with E-state index < -0.39 is 18.6 Å². The van der Waals surface area contributed by atoms with Crippen LogP contribution in [0.2, 0.25) is 0 Å². The number of rotatable bonds is 6. The van der Waals surface area contributed by atoms with Gasteiger partial charge in [0.05, 0.1) is 12.2 Å². The maximum Gasteiger partial charge on any atom is 0.238 e. The lowest BCUT2D eigenvalue weighted by Gasteiger charge is -2.45. The van der Waals surface area contributed by atoms with E-state index in [1.54, 1.807) is 0 Å². The summed E-state index contributed by atoms with van der Waals surface area (Å²) in [6.07, 6.45) is 9.06. The van der Waals surface area contributed by atoms with E-state index in [9.17, 15) is 19.0 Å². The van der Waals surface area contributed by atoms with Gasteiger partial charge in [0, 0.05) is 25.9 Å². The van der Waals surface area contributed by atoms with Crippen LogP contribution in [0.3, 0.4) is 0 Å². The number of fused-ring (bicyclic) bond motifs is 1. The Morgan fingerprint density at radius 2 is 2.00 bits per heavy atom. The Kier molecular flexibility index (Phi) is 7.82. The number of likely N-dealkylation sites (tertiary alicyclic amines) is 1. The second kappa shape index (κ2) is 10.3. The summed E-state index contributed by atoms with van der Waals surface area (Å²) in [5, 5.41) is 20.2. The average molecular weight is 464 g/mol. The van der Waals surface area contributed by atoms with Gasteiger partial charge in [0.1, 0.15) is 0 Å². The molecule has 0 bridgehead atoms. The molecule has 3 saturated carbocycles. The van der Waals surface area contributed by atoms with Crippen LogP contribution in [0.15, 0.2) is 35.5 Å². The molecule has 186 valence electrons. The Hall–Kier alpha value is -1.04. The molecule has 4 aliphatic rings. The molecule has 5 heteroatoms. The SMILES string of the molecule is C=C1/C(=C\C=C2/CCC[C@]3(C)[C@@H]([C@H](C)CN4CC[C@@H](CC(F)F)C4)CC[C@@H]23)CC(O)CC1O. The molecular weight excluding hydrogens is 420 g/mol. The van der Waals surface area contributed by atoms with Gasteiger partial charge in [0.2, 0.25) is 6.43 Å². The maximum absolute atomic E-state index is 12.8. The molecule has 3 nitrogen and oxygen atoms in total. The molecule has 0 amide bonds. The largest absolute Gasteiger partial charge is 0.393 e. The number of aliphatic hydroxyl groups excluding tert-OH is 2. The van der Waals surface area contributed by atoms with E-state index in [0.717, 1.165) is 43.6 Å². The van der Waals surface area contributed by atoms with Gasteiger partial charge >= 0.3 is 0 Å². The Labute approximate surface area is 198 Å². The van der Waals surface area contributed by atoms with E-state index in [2.05, 4.69) is 37.5 Å². The van der Waals surface area contributed by atoms with Crippen LogP contribution in [0.4, 0.5) is 8.78 Å². The second-order valence-electron chi connectivity index (χ2n) is 11.7. The molecule has 33 heavy (non-hydrogen) atoms. The van der Waals surface area contributed by atoms with E-state index in [4.69, 9.17) is 0 Å². The molecule has 0 radical (unpaired) electrons. The summed E-state index contributed by atoms with van der Waals surface area (Å²) >= 11 is 0. The first-order valence-corrected chi connectivity index (χ1v) is 13.1. The first-order chi connectivity index (χ1) is 15.7. The van der Waals surface area contributed by atoms with Gasteiger partial charge in [-0.1, -0.05) is 38.2 Å². The van der Waals surface area contributed by atoms with Crippen molar-refractivity contribution in [2.75, 3.05) is 19.6 Å². The summed E-state index contributed by atoms with van der Waals surface area (Å²) in [4.78, 5) is 2.43. The normalized spacial score (nSPS) is 41.3. The van der Waals surface area contributed by atoms with Crippen LogP contribution >= 0.6 is 0 Å². The van der Waals surface area contributed by atoms with Crippen molar-refractivity contribution in [1.29, 1.82) is 0 Å². The quantitative estimate of drug-likeness (QED) is 0.528. The van der Waals surface area contributed by atoms with Crippen LogP contribution in [0.1, 0.15) is 71.6 Å². The molecular formula is C28H43F2NO2. The number of allylic oxidation sites excluding steroid dienone is 3. The van der Waals surface area contributed by atoms with Crippen molar-refractivity contribution in [3.8, 4) is 0 Å². The first-order valence-electron chi connectivity index (χ1n) is 13.1. The molecule has 1 aliphatic heterocycles. The highest BCUT2D eigenvalue weighted by atomic mass is 19.3. The second-order valence-corrected chi connectivity index (χ2v) is 11.7. The molecule has 1 saturated heterocycles. The van der Waals surface area contributed by atoms with Gasteiger partial charge in [-0.25, -0.2) is 8.78 Å². The fraction of sp³-hybridized carbons (Fsp3) is 0.786. The summed E-state index contributed by atoms with van der Waals surface area (Å²) in [5.74, 6) is 1.99. The molecule has 0 aromatic heterocycles. The zero-order chi connectivity index (χ0) is 23.8. The summed E-state index contributed by atoms with van der Waals surface area (Å²) in [5.41, 5.74) is 3.55. The summed E-state index contributed by atoms with van der Waals surface area (Å²) in [6.45, 7) is 11.8. The third-order valence-electron chi connectivity index (χ3n) is 9.42. The Bertz CT molecular complexity index is 778. The van der Waals surface area contributed by atoms with Crippen molar-refractivity contribution < 1.29 is 19.0 Å². The lowest BCUT2D eigenvalue weighted by molar-refractivity contribution is 0.0796. The molecule has 0 aromatic carbocycles. The predicted molar refractivity (Wildman–Crippen MR) is 129 cm³/mol. The number of hydrogen-bond acceptors (Lipinski definition) is 3. The van der Waals surface area contributed by atoms with E-state index in [1.807, 2.05) is 0 Å². The Morgan fingerprint density at radius 3 is 2.76 bits per heavy atom. The lowest BCUT2D eigenvalue weighted by atomic mass is 9.61. The van der Waals surface area contributed by atoms with Gasteiger partial charge < -0.3 is 15.1 Å². The van der Waals surface area contributed by atoms with Crippen molar-refractivity contribution >= 4 is 0 Å². The van der Waals surface area contributed by atoms with Crippen molar-refractivity contribution in [2.24, 2.45) is 29.1 Å². The molecule has 1 heterocycles. The topological polar surface area (TPSA) is 43.7 Å². The zero-order valence-electron chi connectivity index (χ0n) is 20.5. The zero-order valence-corrected chi connectivity index (χ0v) is 20.5. The lowest BCUT2D eigenvalue weighted by Crippen LogP contribution is -2.39. The van der Waals surface area contributed by atoms with Crippen molar-refractivity contribution in [3.63, 3.8) is 0 Å². The van der Waals surface area contributed by atoms with Crippen molar-refractivity contribution in [1.82, 2.24) is 4.90 Å². The standard InChI is InChI=1S/C28H43F2NO2/c1-18(16-31-12-10-20(17-31)13-27(29)30)24-8-9-25-21(5-4-11-28(24,25)3)6-7-22-14-23(32)15-26(33)19(22)2/h6-7,18,20,23-27,32-33H,2,4-5,8-17H2,1,3H3/b21-6+,22-7-/t18-,20+,23?,24-,25+,26?,28-/m1/s1. The van der Waals surface area contributed by atoms with E-state index >= 15 is 0 Å². The number of halogens is 2.